The summed E-state index contributed by atoms with van der Waals surface area (Å²) in [5.41, 5.74) is 0. The summed E-state index contributed by atoms with van der Waals surface area (Å²) in [6.07, 6.45) is 8.28. The van der Waals surface area contributed by atoms with Gasteiger partial charge in [0.1, 0.15) is 6.04 Å². The summed E-state index contributed by atoms with van der Waals surface area (Å²) in [5, 5.41) is 6.46. The molecule has 1 aliphatic carbocycles. The summed E-state index contributed by atoms with van der Waals surface area (Å²) in [7, 11) is 0. The van der Waals surface area contributed by atoms with Crippen molar-refractivity contribution >= 4 is 11.8 Å². The Morgan fingerprint density at radius 1 is 1.00 bits per heavy atom. The van der Waals surface area contributed by atoms with Crippen LogP contribution in [0, 0.1) is 5.92 Å². The van der Waals surface area contributed by atoms with Gasteiger partial charge in [0.2, 0.25) is 11.8 Å². The highest BCUT2D eigenvalue weighted by atomic mass is 16.2. The fourth-order valence-corrected chi connectivity index (χ4v) is 3.98. The number of hydrogen-bond acceptors (Lipinski definition) is 3. The molecule has 1 unspecified atom stereocenters. The topological polar surface area (TPSA) is 61.4 Å². The lowest BCUT2D eigenvalue weighted by Crippen LogP contribution is -2.53. The Bertz CT molecular complexity index is 387. The van der Waals surface area contributed by atoms with Crippen LogP contribution in [-0.4, -0.2) is 48.4 Å². The number of piperidine rings is 1. The summed E-state index contributed by atoms with van der Waals surface area (Å²) in [5.74, 6) is 0.467. The van der Waals surface area contributed by atoms with E-state index < -0.39 is 0 Å². The number of rotatable bonds is 3. The van der Waals surface area contributed by atoms with Crippen LogP contribution in [-0.2, 0) is 9.59 Å². The van der Waals surface area contributed by atoms with Crippen molar-refractivity contribution in [1.29, 1.82) is 0 Å². The van der Waals surface area contributed by atoms with Gasteiger partial charge in [-0.2, -0.15) is 0 Å². The Morgan fingerprint density at radius 3 is 2.52 bits per heavy atom. The molecule has 3 rings (SSSR count). The predicted molar refractivity (Wildman–Crippen MR) is 80.7 cm³/mol. The van der Waals surface area contributed by atoms with E-state index in [9.17, 15) is 9.59 Å². The van der Waals surface area contributed by atoms with Crippen LogP contribution >= 0.6 is 0 Å². The molecule has 3 fully saturated rings. The van der Waals surface area contributed by atoms with Crippen LogP contribution in [0.1, 0.15) is 51.4 Å². The summed E-state index contributed by atoms with van der Waals surface area (Å²) >= 11 is 0. The molecule has 2 aliphatic heterocycles. The lowest BCUT2D eigenvalue weighted by atomic mass is 10.0. The largest absolute Gasteiger partial charge is 0.350 e. The van der Waals surface area contributed by atoms with Crippen molar-refractivity contribution in [2.75, 3.05) is 19.6 Å². The summed E-state index contributed by atoms with van der Waals surface area (Å²) in [4.78, 5) is 27.0. The normalized spacial score (nSPS) is 30.6. The molecule has 0 spiro atoms. The lowest BCUT2D eigenvalue weighted by molar-refractivity contribution is -0.141. The molecule has 2 amide bonds. The lowest BCUT2D eigenvalue weighted by Gasteiger charge is -2.30. The first-order chi connectivity index (χ1) is 10.3. The molecule has 118 valence electrons. The van der Waals surface area contributed by atoms with Crippen LogP contribution in [0.25, 0.3) is 0 Å². The number of hydrogen-bond donors (Lipinski definition) is 2. The van der Waals surface area contributed by atoms with Crippen LogP contribution < -0.4 is 10.6 Å². The highest BCUT2D eigenvalue weighted by Crippen LogP contribution is 2.29. The Morgan fingerprint density at radius 2 is 1.81 bits per heavy atom. The van der Waals surface area contributed by atoms with Gasteiger partial charge >= 0.3 is 0 Å². The van der Waals surface area contributed by atoms with Crippen LogP contribution in [0.4, 0.5) is 0 Å². The zero-order valence-corrected chi connectivity index (χ0v) is 12.8. The Hall–Kier alpha value is -1.10. The van der Waals surface area contributed by atoms with Crippen molar-refractivity contribution in [3.05, 3.63) is 0 Å². The summed E-state index contributed by atoms with van der Waals surface area (Å²) in [6, 6.07) is 0.00955. The van der Waals surface area contributed by atoms with Crippen molar-refractivity contribution in [2.45, 2.75) is 63.5 Å². The van der Waals surface area contributed by atoms with Gasteiger partial charge in [-0.15, -0.1) is 0 Å². The second-order valence-corrected chi connectivity index (χ2v) is 6.72. The molecular formula is C16H27N3O2. The minimum Gasteiger partial charge on any atom is -0.350 e. The van der Waals surface area contributed by atoms with Gasteiger partial charge in [0.05, 0.1) is 0 Å². The van der Waals surface area contributed by atoms with E-state index >= 15 is 0 Å². The highest BCUT2D eigenvalue weighted by Gasteiger charge is 2.38. The second-order valence-electron chi connectivity index (χ2n) is 6.72. The summed E-state index contributed by atoms with van der Waals surface area (Å²) in [6.45, 7) is 2.66. The molecule has 21 heavy (non-hydrogen) atoms. The molecular weight excluding hydrogens is 266 g/mol. The zero-order valence-electron chi connectivity index (χ0n) is 12.8. The van der Waals surface area contributed by atoms with Gasteiger partial charge in [0.15, 0.2) is 0 Å². The average molecular weight is 293 g/mol. The van der Waals surface area contributed by atoms with Gasteiger partial charge in [-0.1, -0.05) is 12.8 Å². The first-order valence-electron chi connectivity index (χ1n) is 8.57. The Kier molecular flexibility index (Phi) is 4.78. The minimum atomic E-state index is -0.222. The number of likely N-dealkylation sites (tertiary alicyclic amines) is 1. The standard InChI is InChI=1S/C16H27N3O2/c20-15(18-13-7-3-9-17-11-13)14-8-4-10-19(14)16(21)12-5-1-2-6-12/h12-14,17H,1-11H2,(H,18,20)/t13-,14?/m0/s1. The van der Waals surface area contributed by atoms with E-state index in [-0.39, 0.29) is 29.8 Å². The van der Waals surface area contributed by atoms with Crippen LogP contribution in [0.2, 0.25) is 0 Å². The van der Waals surface area contributed by atoms with Gasteiger partial charge in [-0.05, 0) is 45.1 Å². The van der Waals surface area contributed by atoms with Gasteiger partial charge < -0.3 is 15.5 Å². The molecule has 0 aromatic heterocycles. The van der Waals surface area contributed by atoms with Crippen molar-refractivity contribution < 1.29 is 9.59 Å². The molecule has 0 radical (unpaired) electrons. The average Bonchev–Trinajstić information content (AvgIpc) is 3.19. The molecule has 5 nitrogen and oxygen atoms in total. The molecule has 3 aliphatic rings. The highest BCUT2D eigenvalue weighted by molar-refractivity contribution is 5.89. The molecule has 0 bridgehead atoms. The number of amides is 2. The van der Waals surface area contributed by atoms with Crippen LogP contribution in [0.5, 0.6) is 0 Å². The molecule has 0 aromatic carbocycles. The Balaban J connectivity index is 1.57. The van der Waals surface area contributed by atoms with E-state index in [4.69, 9.17) is 0 Å². The molecule has 0 aromatic rings. The quantitative estimate of drug-likeness (QED) is 0.817. The third-order valence-electron chi connectivity index (χ3n) is 5.19. The first kappa shape index (κ1) is 14.8. The Labute approximate surface area is 126 Å². The van der Waals surface area contributed by atoms with Gasteiger partial charge in [0.25, 0.3) is 0 Å². The van der Waals surface area contributed by atoms with Crippen molar-refractivity contribution in [3.8, 4) is 0 Å². The van der Waals surface area contributed by atoms with E-state index in [0.717, 1.165) is 71.0 Å². The van der Waals surface area contributed by atoms with Crippen molar-refractivity contribution in [3.63, 3.8) is 0 Å². The molecule has 1 saturated carbocycles. The first-order valence-corrected chi connectivity index (χ1v) is 8.57. The maximum Gasteiger partial charge on any atom is 0.243 e. The number of carbonyl (C=O) groups excluding carboxylic acids is 2. The fourth-order valence-electron chi connectivity index (χ4n) is 3.98. The van der Waals surface area contributed by atoms with E-state index in [1.54, 1.807) is 0 Å². The smallest absolute Gasteiger partial charge is 0.243 e. The molecule has 2 atom stereocenters. The monoisotopic (exact) mass is 293 g/mol. The zero-order chi connectivity index (χ0) is 14.7. The molecule has 2 saturated heterocycles. The number of nitrogens with one attached hydrogen (secondary N) is 2. The van der Waals surface area contributed by atoms with Crippen molar-refractivity contribution in [2.24, 2.45) is 5.92 Å². The predicted octanol–water partition coefficient (Wildman–Crippen LogP) is 1.04. The van der Waals surface area contributed by atoms with E-state index in [0.29, 0.717) is 0 Å². The number of carbonyl (C=O) groups is 2. The van der Waals surface area contributed by atoms with Gasteiger partial charge in [0, 0.05) is 25.0 Å². The van der Waals surface area contributed by atoms with Crippen LogP contribution in [0.15, 0.2) is 0 Å². The SMILES string of the molecule is O=C(N[C@H]1CCCNC1)C1CCCN1C(=O)C1CCCC1. The van der Waals surface area contributed by atoms with E-state index in [2.05, 4.69) is 10.6 Å². The van der Waals surface area contributed by atoms with E-state index in [1.807, 2.05) is 4.90 Å². The molecule has 2 N–H and O–H groups in total. The number of nitrogens with zero attached hydrogens (tertiary/aromatic N) is 1. The van der Waals surface area contributed by atoms with Gasteiger partial charge in [-0.25, -0.2) is 0 Å². The van der Waals surface area contributed by atoms with Crippen LogP contribution in [0.3, 0.4) is 0 Å². The summed E-state index contributed by atoms with van der Waals surface area (Å²) < 4.78 is 0. The minimum absolute atomic E-state index is 0.0625. The molecule has 2 heterocycles. The second kappa shape index (κ2) is 6.77. The maximum absolute atomic E-state index is 12.6. The fraction of sp³-hybridized carbons (Fsp3) is 0.875. The third-order valence-corrected chi connectivity index (χ3v) is 5.19. The van der Waals surface area contributed by atoms with Crippen molar-refractivity contribution in [1.82, 2.24) is 15.5 Å². The van der Waals surface area contributed by atoms with E-state index in [1.165, 1.54) is 0 Å². The third kappa shape index (κ3) is 3.39. The maximum atomic E-state index is 12.6. The molecule has 5 heteroatoms. The van der Waals surface area contributed by atoms with Gasteiger partial charge in [-0.3, -0.25) is 9.59 Å².